The molecular weight excluding hydrogens is 284 g/mol. The second kappa shape index (κ2) is 6.98. The summed E-state index contributed by atoms with van der Waals surface area (Å²) in [6, 6.07) is 5.37. The topological polar surface area (TPSA) is 55.1 Å². The lowest BCUT2D eigenvalue weighted by molar-refractivity contribution is -0.126. The molecule has 1 saturated carbocycles. The Labute approximate surface area is 131 Å². The van der Waals surface area contributed by atoms with E-state index in [4.69, 9.17) is 17.3 Å². The fourth-order valence-electron chi connectivity index (χ4n) is 2.68. The number of anilines is 1. The van der Waals surface area contributed by atoms with Gasteiger partial charge in [0, 0.05) is 11.0 Å². The molecule has 3 nitrogen and oxygen atoms in total. The third kappa shape index (κ3) is 4.00. The fourth-order valence-corrected chi connectivity index (χ4v) is 2.85. The maximum Gasteiger partial charge on any atom is 0.230 e. The van der Waals surface area contributed by atoms with Crippen molar-refractivity contribution in [3.63, 3.8) is 0 Å². The second-order valence-corrected chi connectivity index (χ2v) is 6.18. The van der Waals surface area contributed by atoms with Crippen LogP contribution in [0.5, 0.6) is 0 Å². The number of rotatable bonds is 2. The van der Waals surface area contributed by atoms with E-state index in [0.29, 0.717) is 17.3 Å². The fraction of sp³-hybridized carbons (Fsp3) is 0.471. The lowest BCUT2D eigenvalue weighted by atomic mass is 9.75. The van der Waals surface area contributed by atoms with Crippen LogP contribution in [0.4, 0.5) is 5.69 Å². The highest BCUT2D eigenvalue weighted by atomic mass is 35.5. The summed E-state index contributed by atoms with van der Waals surface area (Å²) >= 11 is 6.17. The minimum absolute atomic E-state index is 0.0491. The van der Waals surface area contributed by atoms with Crippen molar-refractivity contribution in [2.45, 2.75) is 39.0 Å². The highest BCUT2D eigenvalue weighted by molar-refractivity contribution is 6.33. The average Bonchev–Trinajstić information content (AvgIpc) is 2.48. The van der Waals surface area contributed by atoms with Gasteiger partial charge < -0.3 is 11.1 Å². The molecule has 1 aliphatic rings. The van der Waals surface area contributed by atoms with Gasteiger partial charge in [0.15, 0.2) is 0 Å². The van der Waals surface area contributed by atoms with Gasteiger partial charge in [0.05, 0.1) is 17.3 Å². The summed E-state index contributed by atoms with van der Waals surface area (Å²) in [5.41, 5.74) is 6.50. The number of nitrogens with two attached hydrogens (primary N) is 1. The van der Waals surface area contributed by atoms with Gasteiger partial charge in [-0.2, -0.15) is 0 Å². The van der Waals surface area contributed by atoms with Crippen molar-refractivity contribution in [3.8, 4) is 11.8 Å². The molecule has 1 aromatic carbocycles. The van der Waals surface area contributed by atoms with E-state index in [1.807, 2.05) is 13.0 Å². The summed E-state index contributed by atoms with van der Waals surface area (Å²) in [5.74, 6) is 5.80. The van der Waals surface area contributed by atoms with Gasteiger partial charge in [0.25, 0.3) is 0 Å². The molecule has 0 saturated heterocycles. The lowest BCUT2D eigenvalue weighted by Gasteiger charge is -2.32. The smallest absolute Gasteiger partial charge is 0.230 e. The molecule has 3 N–H and O–H groups in total. The summed E-state index contributed by atoms with van der Waals surface area (Å²) in [6.45, 7) is 2.34. The van der Waals surface area contributed by atoms with Crippen LogP contribution in [0.3, 0.4) is 0 Å². The largest absolute Gasteiger partial charge is 0.324 e. The summed E-state index contributed by atoms with van der Waals surface area (Å²) in [5, 5.41) is 3.50. The number of hydrogen-bond donors (Lipinski definition) is 2. The molecule has 1 amide bonds. The zero-order valence-electron chi connectivity index (χ0n) is 12.3. The van der Waals surface area contributed by atoms with Crippen molar-refractivity contribution in [2.24, 2.45) is 11.1 Å². The van der Waals surface area contributed by atoms with Gasteiger partial charge in [-0.05, 0) is 31.0 Å². The van der Waals surface area contributed by atoms with Crippen LogP contribution in [0.2, 0.25) is 5.02 Å². The molecule has 0 atom stereocenters. The Hall–Kier alpha value is -1.50. The van der Waals surface area contributed by atoms with Crippen LogP contribution in [0.1, 0.15) is 44.6 Å². The van der Waals surface area contributed by atoms with Crippen molar-refractivity contribution in [1.82, 2.24) is 0 Å². The molecule has 21 heavy (non-hydrogen) atoms. The van der Waals surface area contributed by atoms with E-state index in [1.165, 1.54) is 6.42 Å². The highest BCUT2D eigenvalue weighted by Crippen LogP contribution is 2.37. The summed E-state index contributed by atoms with van der Waals surface area (Å²) < 4.78 is 0. The molecule has 1 fully saturated rings. The number of halogens is 1. The molecule has 0 spiro atoms. The highest BCUT2D eigenvalue weighted by Gasteiger charge is 2.34. The molecule has 0 radical (unpaired) electrons. The van der Waals surface area contributed by atoms with Gasteiger partial charge in [-0.15, -0.1) is 0 Å². The summed E-state index contributed by atoms with van der Waals surface area (Å²) in [6.07, 6.45) is 5.30. The predicted octanol–water partition coefficient (Wildman–Crippen LogP) is 3.56. The zero-order chi connectivity index (χ0) is 15.3. The molecule has 112 valence electrons. The monoisotopic (exact) mass is 304 g/mol. The number of carbonyl (C=O) groups is 1. The van der Waals surface area contributed by atoms with Crippen LogP contribution in [0.25, 0.3) is 0 Å². The quantitative estimate of drug-likeness (QED) is 0.821. The Morgan fingerprint density at radius 1 is 1.38 bits per heavy atom. The maximum absolute atomic E-state index is 12.5. The third-order valence-electron chi connectivity index (χ3n) is 4.05. The van der Waals surface area contributed by atoms with E-state index >= 15 is 0 Å². The van der Waals surface area contributed by atoms with E-state index < -0.39 is 0 Å². The second-order valence-electron chi connectivity index (χ2n) is 5.78. The van der Waals surface area contributed by atoms with Gasteiger partial charge >= 0.3 is 0 Å². The van der Waals surface area contributed by atoms with Crippen molar-refractivity contribution in [1.29, 1.82) is 0 Å². The molecule has 2 rings (SSSR count). The standard InChI is InChI=1S/C17H21ClN2O/c1-17(9-3-2-4-10-17)16(21)20-15-12-13(6-5-11-19)7-8-14(15)18/h7-8,12H,2-4,9-11,19H2,1H3,(H,20,21). The summed E-state index contributed by atoms with van der Waals surface area (Å²) in [4.78, 5) is 12.5. The van der Waals surface area contributed by atoms with E-state index in [2.05, 4.69) is 17.2 Å². The third-order valence-corrected chi connectivity index (χ3v) is 4.38. The van der Waals surface area contributed by atoms with Crippen LogP contribution in [-0.4, -0.2) is 12.5 Å². The minimum Gasteiger partial charge on any atom is -0.324 e. The molecule has 4 heteroatoms. The van der Waals surface area contributed by atoms with Crippen LogP contribution in [0.15, 0.2) is 18.2 Å². The molecule has 0 unspecified atom stereocenters. The molecular formula is C17H21ClN2O. The molecule has 1 aromatic rings. The van der Waals surface area contributed by atoms with E-state index in [-0.39, 0.29) is 11.3 Å². The SMILES string of the molecule is CC1(C(=O)Nc2cc(C#CCN)ccc2Cl)CCCCC1. The lowest BCUT2D eigenvalue weighted by Crippen LogP contribution is -2.35. The zero-order valence-corrected chi connectivity index (χ0v) is 13.1. The number of hydrogen-bond acceptors (Lipinski definition) is 2. The Balaban J connectivity index is 2.16. The Morgan fingerprint density at radius 3 is 2.76 bits per heavy atom. The molecule has 0 aliphatic heterocycles. The van der Waals surface area contributed by atoms with Gasteiger partial charge in [0.1, 0.15) is 0 Å². The van der Waals surface area contributed by atoms with Crippen LogP contribution < -0.4 is 11.1 Å². The Morgan fingerprint density at radius 2 is 2.10 bits per heavy atom. The van der Waals surface area contributed by atoms with Crippen LogP contribution in [-0.2, 0) is 4.79 Å². The van der Waals surface area contributed by atoms with Crippen molar-refractivity contribution >= 4 is 23.2 Å². The van der Waals surface area contributed by atoms with E-state index in [9.17, 15) is 4.79 Å². The first-order chi connectivity index (χ1) is 10.0. The average molecular weight is 305 g/mol. The van der Waals surface area contributed by atoms with E-state index in [0.717, 1.165) is 31.2 Å². The number of carbonyl (C=O) groups excluding carboxylic acids is 1. The van der Waals surface area contributed by atoms with Gasteiger partial charge in [0.2, 0.25) is 5.91 Å². The molecule has 1 aliphatic carbocycles. The first-order valence-electron chi connectivity index (χ1n) is 7.35. The van der Waals surface area contributed by atoms with Crippen molar-refractivity contribution < 1.29 is 4.79 Å². The van der Waals surface area contributed by atoms with Crippen molar-refractivity contribution in [3.05, 3.63) is 28.8 Å². The first kappa shape index (κ1) is 15.9. The number of benzene rings is 1. The van der Waals surface area contributed by atoms with Gasteiger partial charge in [-0.1, -0.05) is 49.6 Å². The van der Waals surface area contributed by atoms with Crippen molar-refractivity contribution in [2.75, 3.05) is 11.9 Å². The normalized spacial score (nSPS) is 16.7. The molecule has 0 heterocycles. The molecule has 0 bridgehead atoms. The maximum atomic E-state index is 12.5. The van der Waals surface area contributed by atoms with Gasteiger partial charge in [-0.25, -0.2) is 0 Å². The van der Waals surface area contributed by atoms with Crippen LogP contribution >= 0.6 is 11.6 Å². The van der Waals surface area contributed by atoms with Gasteiger partial charge in [-0.3, -0.25) is 4.79 Å². The predicted molar refractivity (Wildman–Crippen MR) is 87.2 cm³/mol. The van der Waals surface area contributed by atoms with Crippen LogP contribution in [0, 0.1) is 17.3 Å². The molecule has 0 aromatic heterocycles. The number of amides is 1. The first-order valence-corrected chi connectivity index (χ1v) is 7.73. The number of nitrogens with one attached hydrogen (secondary N) is 1. The Kier molecular flexibility index (Phi) is 5.27. The van der Waals surface area contributed by atoms with E-state index in [1.54, 1.807) is 12.1 Å². The Bertz CT molecular complexity index is 580. The summed E-state index contributed by atoms with van der Waals surface area (Å²) in [7, 11) is 0. The minimum atomic E-state index is -0.291.